The zero-order valence-corrected chi connectivity index (χ0v) is 16.1. The third kappa shape index (κ3) is 4.51. The van der Waals surface area contributed by atoms with Crippen molar-refractivity contribution < 1.29 is 17.6 Å². The topological polar surface area (TPSA) is 63.2 Å². The summed E-state index contributed by atoms with van der Waals surface area (Å²) < 4.78 is 36.7. The average molecular weight is 404 g/mol. The minimum absolute atomic E-state index is 0.0416. The Morgan fingerprint density at radius 1 is 1.08 bits per heavy atom. The van der Waals surface area contributed by atoms with Crippen LogP contribution in [-0.2, 0) is 15.4 Å². The number of hydrogen-bond acceptors (Lipinski definition) is 3. The van der Waals surface area contributed by atoms with Gasteiger partial charge in [-0.15, -0.1) is 0 Å². The molecule has 0 unspecified atom stereocenters. The van der Waals surface area contributed by atoms with Crippen LogP contribution < -0.4 is 5.32 Å². The monoisotopic (exact) mass is 403 g/mol. The van der Waals surface area contributed by atoms with E-state index in [2.05, 4.69) is 5.32 Å². The molecular weight excluding hydrogens is 388 g/mol. The van der Waals surface area contributed by atoms with Crippen molar-refractivity contribution in [3.8, 4) is 0 Å². The van der Waals surface area contributed by atoms with Crippen molar-refractivity contribution in [1.29, 1.82) is 0 Å². The molecule has 4 nitrogen and oxygen atoms in total. The summed E-state index contributed by atoms with van der Waals surface area (Å²) >= 11 is 11.9. The lowest BCUT2D eigenvalue weighted by molar-refractivity contribution is 0.0912. The lowest BCUT2D eigenvalue weighted by Gasteiger charge is -2.28. The standard InChI is InChI=1S/C17H16Cl2FNO3S/c1-17(2,12-6-5-11(20)9-14(12)19)21-16(22)10-4-7-13(18)15(8-10)25(3,23)24/h4-9H,1-3H3,(H,21,22). The van der Waals surface area contributed by atoms with Gasteiger partial charge in [0.15, 0.2) is 9.84 Å². The van der Waals surface area contributed by atoms with Gasteiger partial charge < -0.3 is 5.32 Å². The van der Waals surface area contributed by atoms with Gasteiger partial charge in [-0.25, -0.2) is 12.8 Å². The van der Waals surface area contributed by atoms with Crippen LogP contribution in [0.5, 0.6) is 0 Å². The van der Waals surface area contributed by atoms with E-state index in [-0.39, 0.29) is 20.5 Å². The van der Waals surface area contributed by atoms with E-state index in [1.54, 1.807) is 13.8 Å². The van der Waals surface area contributed by atoms with Crippen LogP contribution in [0.3, 0.4) is 0 Å². The lowest BCUT2D eigenvalue weighted by Crippen LogP contribution is -2.41. The summed E-state index contributed by atoms with van der Waals surface area (Å²) in [4.78, 5) is 12.4. The van der Waals surface area contributed by atoms with Gasteiger partial charge in [-0.3, -0.25) is 4.79 Å². The fourth-order valence-corrected chi connectivity index (χ4v) is 4.05. The van der Waals surface area contributed by atoms with E-state index in [0.29, 0.717) is 5.56 Å². The van der Waals surface area contributed by atoms with Crippen molar-refractivity contribution >= 4 is 38.9 Å². The number of amides is 1. The molecule has 2 aromatic rings. The van der Waals surface area contributed by atoms with E-state index in [0.717, 1.165) is 12.3 Å². The molecular formula is C17H16Cl2FNO3S. The Morgan fingerprint density at radius 2 is 1.72 bits per heavy atom. The second-order valence-corrected chi connectivity index (χ2v) is 8.92. The second kappa shape index (κ2) is 6.94. The summed E-state index contributed by atoms with van der Waals surface area (Å²) in [6.45, 7) is 3.41. The molecule has 1 amide bonds. The van der Waals surface area contributed by atoms with E-state index in [9.17, 15) is 17.6 Å². The molecule has 0 aliphatic rings. The van der Waals surface area contributed by atoms with E-state index in [4.69, 9.17) is 23.2 Å². The van der Waals surface area contributed by atoms with Crippen LogP contribution in [0.25, 0.3) is 0 Å². The largest absolute Gasteiger partial charge is 0.343 e. The number of benzene rings is 2. The molecule has 2 aromatic carbocycles. The van der Waals surface area contributed by atoms with Gasteiger partial charge in [0, 0.05) is 16.8 Å². The van der Waals surface area contributed by atoms with E-state index in [1.807, 2.05) is 0 Å². The zero-order valence-electron chi connectivity index (χ0n) is 13.7. The molecule has 134 valence electrons. The first kappa shape index (κ1) is 19.7. The molecule has 0 heterocycles. The number of rotatable bonds is 4. The van der Waals surface area contributed by atoms with Gasteiger partial charge >= 0.3 is 0 Å². The summed E-state index contributed by atoms with van der Waals surface area (Å²) in [6, 6.07) is 7.89. The number of halogens is 3. The first-order chi connectivity index (χ1) is 11.4. The number of hydrogen-bond donors (Lipinski definition) is 1. The molecule has 0 atom stereocenters. The minimum Gasteiger partial charge on any atom is -0.343 e. The van der Waals surface area contributed by atoms with Gasteiger partial charge in [-0.1, -0.05) is 29.3 Å². The Morgan fingerprint density at radius 3 is 2.28 bits per heavy atom. The summed E-state index contributed by atoms with van der Waals surface area (Å²) in [5, 5.41) is 2.98. The van der Waals surface area contributed by atoms with E-state index >= 15 is 0 Å². The number of carbonyl (C=O) groups is 1. The lowest BCUT2D eigenvalue weighted by atomic mass is 9.93. The van der Waals surface area contributed by atoms with Crippen molar-refractivity contribution in [2.75, 3.05) is 6.26 Å². The molecule has 0 aromatic heterocycles. The Labute approximate surface area is 155 Å². The van der Waals surface area contributed by atoms with Gasteiger partial charge in [0.2, 0.25) is 0 Å². The minimum atomic E-state index is -3.57. The van der Waals surface area contributed by atoms with Crippen molar-refractivity contribution in [3.05, 3.63) is 63.4 Å². The maximum Gasteiger partial charge on any atom is 0.251 e. The summed E-state index contributed by atoms with van der Waals surface area (Å²) in [5.74, 6) is -0.988. The third-order valence-corrected chi connectivity index (χ3v) is 5.51. The predicted octanol–water partition coefficient (Wildman–Crippen LogP) is 4.20. The Kier molecular flexibility index (Phi) is 5.47. The van der Waals surface area contributed by atoms with Crippen LogP contribution in [0.2, 0.25) is 10.0 Å². The molecule has 0 aliphatic heterocycles. The Hall–Kier alpha value is -1.63. The predicted molar refractivity (Wildman–Crippen MR) is 96.5 cm³/mol. The second-order valence-electron chi connectivity index (χ2n) is 6.12. The SMILES string of the molecule is CC(C)(NC(=O)c1ccc(Cl)c(S(C)(=O)=O)c1)c1ccc(F)cc1Cl. The number of sulfone groups is 1. The maximum atomic E-state index is 13.2. The first-order valence-corrected chi connectivity index (χ1v) is 9.84. The van der Waals surface area contributed by atoms with Gasteiger partial charge in [-0.2, -0.15) is 0 Å². The van der Waals surface area contributed by atoms with Crippen molar-refractivity contribution in [3.63, 3.8) is 0 Å². The summed E-state index contributed by atoms with van der Waals surface area (Å²) in [7, 11) is -3.57. The molecule has 0 fully saturated rings. The summed E-state index contributed by atoms with van der Waals surface area (Å²) in [5.41, 5.74) is -0.246. The zero-order chi connectivity index (χ0) is 19.0. The maximum absolute atomic E-state index is 13.2. The highest BCUT2D eigenvalue weighted by molar-refractivity contribution is 7.90. The first-order valence-electron chi connectivity index (χ1n) is 7.19. The highest BCUT2D eigenvalue weighted by atomic mass is 35.5. The van der Waals surface area contributed by atoms with Gasteiger partial charge in [0.1, 0.15) is 5.82 Å². The average Bonchev–Trinajstić information content (AvgIpc) is 2.45. The Bertz CT molecular complexity index is 943. The summed E-state index contributed by atoms with van der Waals surface area (Å²) in [6.07, 6.45) is 1.01. The normalized spacial score (nSPS) is 12.1. The van der Waals surface area contributed by atoms with Crippen LogP contribution in [-0.4, -0.2) is 20.6 Å². The Balaban J connectivity index is 2.36. The van der Waals surface area contributed by atoms with Crippen LogP contribution >= 0.6 is 23.2 Å². The van der Waals surface area contributed by atoms with E-state index in [1.165, 1.54) is 30.3 Å². The van der Waals surface area contributed by atoms with Crippen molar-refractivity contribution in [2.45, 2.75) is 24.3 Å². The van der Waals surface area contributed by atoms with Crippen molar-refractivity contribution in [1.82, 2.24) is 5.32 Å². The molecule has 0 spiro atoms. The van der Waals surface area contributed by atoms with Gasteiger partial charge in [-0.05, 0) is 49.7 Å². The smallest absolute Gasteiger partial charge is 0.251 e. The molecule has 0 aliphatic carbocycles. The molecule has 0 saturated carbocycles. The highest BCUT2D eigenvalue weighted by Gasteiger charge is 2.27. The molecule has 0 radical (unpaired) electrons. The van der Waals surface area contributed by atoms with Gasteiger partial charge in [0.05, 0.1) is 15.5 Å². The van der Waals surface area contributed by atoms with Crippen LogP contribution in [0, 0.1) is 5.82 Å². The fourth-order valence-electron chi connectivity index (χ4n) is 2.35. The third-order valence-electron chi connectivity index (χ3n) is 3.62. The molecule has 1 N–H and O–H groups in total. The highest BCUT2D eigenvalue weighted by Crippen LogP contribution is 2.29. The van der Waals surface area contributed by atoms with Crippen LogP contribution in [0.15, 0.2) is 41.3 Å². The van der Waals surface area contributed by atoms with Gasteiger partial charge in [0.25, 0.3) is 5.91 Å². The number of carbonyl (C=O) groups excluding carboxylic acids is 1. The fraction of sp³-hybridized carbons (Fsp3) is 0.235. The van der Waals surface area contributed by atoms with Crippen LogP contribution in [0.1, 0.15) is 29.8 Å². The number of nitrogens with one attached hydrogen (secondary N) is 1. The van der Waals surface area contributed by atoms with Crippen LogP contribution in [0.4, 0.5) is 4.39 Å². The molecule has 0 saturated heterocycles. The molecule has 0 bridgehead atoms. The molecule has 25 heavy (non-hydrogen) atoms. The van der Waals surface area contributed by atoms with Crippen molar-refractivity contribution in [2.24, 2.45) is 0 Å². The quantitative estimate of drug-likeness (QED) is 0.831. The molecule has 8 heteroatoms. The molecule has 2 rings (SSSR count). The van der Waals surface area contributed by atoms with E-state index < -0.39 is 27.1 Å².